The zero-order chi connectivity index (χ0) is 13.8. The second-order valence-corrected chi connectivity index (χ2v) is 6.31. The molecule has 1 unspecified atom stereocenters. The largest absolute Gasteiger partial charge is 0.352 e. The summed E-state index contributed by atoms with van der Waals surface area (Å²) in [5.41, 5.74) is 0. The molecule has 0 aromatic carbocycles. The summed E-state index contributed by atoms with van der Waals surface area (Å²) in [5, 5.41) is 3.18. The lowest BCUT2D eigenvalue weighted by molar-refractivity contribution is -0.124. The summed E-state index contributed by atoms with van der Waals surface area (Å²) in [4.78, 5) is 16.9. The van der Waals surface area contributed by atoms with E-state index in [1.807, 2.05) is 13.8 Å². The van der Waals surface area contributed by atoms with E-state index in [-0.39, 0.29) is 11.8 Å². The molecule has 0 spiro atoms. The average Bonchev–Trinajstić information content (AvgIpc) is 2.87. The van der Waals surface area contributed by atoms with Gasteiger partial charge in [-0.2, -0.15) is 0 Å². The fraction of sp³-hybridized carbons (Fsp3) is 0.933. The third-order valence-corrected chi connectivity index (χ3v) is 4.61. The molecule has 2 aliphatic rings. The van der Waals surface area contributed by atoms with Gasteiger partial charge in [0, 0.05) is 31.1 Å². The Morgan fingerprint density at radius 2 is 1.89 bits per heavy atom. The highest BCUT2D eigenvalue weighted by Crippen LogP contribution is 2.21. The summed E-state index contributed by atoms with van der Waals surface area (Å²) in [6.07, 6.45) is 3.70. The molecule has 1 amide bonds. The van der Waals surface area contributed by atoms with Crippen molar-refractivity contribution in [3.05, 3.63) is 0 Å². The first-order chi connectivity index (χ1) is 9.10. The maximum Gasteiger partial charge on any atom is 0.222 e. The van der Waals surface area contributed by atoms with Gasteiger partial charge in [0.05, 0.1) is 0 Å². The fourth-order valence-corrected chi connectivity index (χ4v) is 3.21. The highest BCUT2D eigenvalue weighted by Gasteiger charge is 2.31. The topological polar surface area (TPSA) is 35.6 Å². The molecule has 2 rings (SSSR count). The van der Waals surface area contributed by atoms with Gasteiger partial charge in [-0.1, -0.05) is 20.8 Å². The van der Waals surface area contributed by atoms with Crippen LogP contribution in [0, 0.1) is 5.92 Å². The summed E-state index contributed by atoms with van der Waals surface area (Å²) in [6, 6.07) is 1.11. The molecule has 0 radical (unpaired) electrons. The number of carbonyl (C=O) groups is 1. The van der Waals surface area contributed by atoms with E-state index in [2.05, 4.69) is 22.0 Å². The number of rotatable bonds is 4. The lowest BCUT2D eigenvalue weighted by atomic mass is 10.0. The van der Waals surface area contributed by atoms with Crippen LogP contribution < -0.4 is 5.32 Å². The number of nitrogens with zero attached hydrogens (tertiary/aromatic N) is 2. The molecule has 1 atom stereocenters. The molecule has 0 aliphatic carbocycles. The smallest absolute Gasteiger partial charge is 0.222 e. The third kappa shape index (κ3) is 3.93. The van der Waals surface area contributed by atoms with Crippen molar-refractivity contribution in [2.75, 3.05) is 32.7 Å². The number of carbonyl (C=O) groups excluding carboxylic acids is 1. The Hall–Kier alpha value is -0.610. The Balaban J connectivity index is 1.74. The molecule has 0 saturated carbocycles. The molecule has 0 bridgehead atoms. The molecule has 2 heterocycles. The quantitative estimate of drug-likeness (QED) is 0.834. The van der Waals surface area contributed by atoms with Crippen molar-refractivity contribution in [3.8, 4) is 0 Å². The minimum Gasteiger partial charge on any atom is -0.352 e. The first-order valence-electron chi connectivity index (χ1n) is 7.87. The number of piperidine rings is 1. The number of likely N-dealkylation sites (tertiary alicyclic amines) is 2. The number of hydrogen-bond donors (Lipinski definition) is 1. The van der Waals surface area contributed by atoms with Crippen LogP contribution in [0.1, 0.15) is 40.0 Å². The number of nitrogens with one attached hydrogen (secondary N) is 1. The first kappa shape index (κ1) is 14.8. The van der Waals surface area contributed by atoms with Gasteiger partial charge in [-0.15, -0.1) is 0 Å². The first-order valence-corrected chi connectivity index (χ1v) is 7.87. The van der Waals surface area contributed by atoms with Gasteiger partial charge in [-0.05, 0) is 38.9 Å². The van der Waals surface area contributed by atoms with Crippen molar-refractivity contribution in [2.24, 2.45) is 5.92 Å². The Morgan fingerprint density at radius 3 is 2.47 bits per heavy atom. The number of hydrogen-bond acceptors (Lipinski definition) is 3. The maximum absolute atomic E-state index is 11.7. The molecule has 2 aliphatic heterocycles. The molecule has 19 heavy (non-hydrogen) atoms. The Morgan fingerprint density at radius 1 is 1.21 bits per heavy atom. The van der Waals surface area contributed by atoms with Gasteiger partial charge in [0.2, 0.25) is 5.91 Å². The molecule has 2 fully saturated rings. The molecule has 0 aromatic rings. The predicted octanol–water partition coefficient (Wildman–Crippen LogP) is 1.32. The lowest BCUT2D eigenvalue weighted by Crippen LogP contribution is -2.45. The van der Waals surface area contributed by atoms with E-state index in [4.69, 9.17) is 0 Å². The zero-order valence-electron chi connectivity index (χ0n) is 12.7. The van der Waals surface area contributed by atoms with Crippen molar-refractivity contribution >= 4 is 5.91 Å². The predicted molar refractivity (Wildman–Crippen MR) is 78.1 cm³/mol. The Labute approximate surface area is 117 Å². The SMILES string of the molecule is CCN1CCC(N2CCC(NC(=O)C(C)C)C2)CC1. The fourth-order valence-electron chi connectivity index (χ4n) is 3.21. The summed E-state index contributed by atoms with van der Waals surface area (Å²) in [5.74, 6) is 0.300. The van der Waals surface area contributed by atoms with E-state index in [9.17, 15) is 4.79 Å². The average molecular weight is 267 g/mol. The van der Waals surface area contributed by atoms with Crippen LogP contribution >= 0.6 is 0 Å². The lowest BCUT2D eigenvalue weighted by Gasteiger charge is -2.36. The van der Waals surface area contributed by atoms with Gasteiger partial charge < -0.3 is 10.2 Å². The van der Waals surface area contributed by atoms with Gasteiger partial charge in [0.15, 0.2) is 0 Å². The standard InChI is InChI=1S/C15H29N3O/c1-4-17-8-6-14(7-9-17)18-10-5-13(11-18)16-15(19)12(2)3/h12-14H,4-11H2,1-3H3,(H,16,19). The molecule has 4 nitrogen and oxygen atoms in total. The Kier molecular flexibility index (Phi) is 5.22. The molecule has 0 aromatic heterocycles. The molecule has 2 saturated heterocycles. The third-order valence-electron chi connectivity index (χ3n) is 4.61. The van der Waals surface area contributed by atoms with Crippen molar-refractivity contribution in [2.45, 2.75) is 52.1 Å². The van der Waals surface area contributed by atoms with Crippen LogP contribution in [0.2, 0.25) is 0 Å². The minimum absolute atomic E-state index is 0.0989. The van der Waals surface area contributed by atoms with E-state index < -0.39 is 0 Å². The second-order valence-electron chi connectivity index (χ2n) is 6.31. The Bertz CT molecular complexity index is 298. The van der Waals surface area contributed by atoms with Gasteiger partial charge in [-0.25, -0.2) is 0 Å². The maximum atomic E-state index is 11.7. The van der Waals surface area contributed by atoms with Crippen molar-refractivity contribution in [3.63, 3.8) is 0 Å². The van der Waals surface area contributed by atoms with Gasteiger partial charge >= 0.3 is 0 Å². The highest BCUT2D eigenvalue weighted by atomic mass is 16.1. The normalized spacial score (nSPS) is 27.1. The van der Waals surface area contributed by atoms with E-state index >= 15 is 0 Å². The van der Waals surface area contributed by atoms with Crippen molar-refractivity contribution in [1.29, 1.82) is 0 Å². The van der Waals surface area contributed by atoms with Crippen LogP contribution in [-0.2, 0) is 4.79 Å². The van der Waals surface area contributed by atoms with Gasteiger partial charge in [-0.3, -0.25) is 9.69 Å². The highest BCUT2D eigenvalue weighted by molar-refractivity contribution is 5.78. The second kappa shape index (κ2) is 6.71. The van der Waals surface area contributed by atoms with Crippen LogP contribution in [-0.4, -0.2) is 60.5 Å². The van der Waals surface area contributed by atoms with E-state index in [1.165, 1.54) is 32.5 Å². The number of amides is 1. The van der Waals surface area contributed by atoms with Crippen molar-refractivity contribution < 1.29 is 4.79 Å². The molecule has 4 heteroatoms. The van der Waals surface area contributed by atoms with E-state index in [0.29, 0.717) is 6.04 Å². The minimum atomic E-state index is 0.0989. The van der Waals surface area contributed by atoms with E-state index in [0.717, 1.165) is 25.6 Å². The monoisotopic (exact) mass is 267 g/mol. The van der Waals surface area contributed by atoms with Crippen LogP contribution in [0.3, 0.4) is 0 Å². The molecule has 110 valence electrons. The van der Waals surface area contributed by atoms with Crippen LogP contribution in [0.4, 0.5) is 0 Å². The van der Waals surface area contributed by atoms with Crippen LogP contribution in [0.15, 0.2) is 0 Å². The molecular formula is C15H29N3O. The molecular weight excluding hydrogens is 238 g/mol. The van der Waals surface area contributed by atoms with Gasteiger partial charge in [0.1, 0.15) is 0 Å². The van der Waals surface area contributed by atoms with Crippen LogP contribution in [0.5, 0.6) is 0 Å². The van der Waals surface area contributed by atoms with E-state index in [1.54, 1.807) is 0 Å². The van der Waals surface area contributed by atoms with Crippen molar-refractivity contribution in [1.82, 2.24) is 15.1 Å². The van der Waals surface area contributed by atoms with Crippen LogP contribution in [0.25, 0.3) is 0 Å². The summed E-state index contributed by atoms with van der Waals surface area (Å²) >= 11 is 0. The zero-order valence-corrected chi connectivity index (χ0v) is 12.7. The summed E-state index contributed by atoms with van der Waals surface area (Å²) in [6.45, 7) is 12.0. The summed E-state index contributed by atoms with van der Waals surface area (Å²) < 4.78 is 0. The summed E-state index contributed by atoms with van der Waals surface area (Å²) in [7, 11) is 0. The molecule has 1 N–H and O–H groups in total. The van der Waals surface area contributed by atoms with Gasteiger partial charge in [0.25, 0.3) is 0 Å².